The van der Waals surface area contributed by atoms with E-state index in [9.17, 15) is 9.18 Å². The van der Waals surface area contributed by atoms with Crippen LogP contribution in [0.3, 0.4) is 0 Å². The van der Waals surface area contributed by atoms with Gasteiger partial charge in [-0.2, -0.15) is 0 Å². The van der Waals surface area contributed by atoms with E-state index in [1.54, 1.807) is 11.1 Å². The Balaban J connectivity index is 1.71. The van der Waals surface area contributed by atoms with Crippen molar-refractivity contribution in [3.8, 4) is 0 Å². The van der Waals surface area contributed by atoms with Crippen LogP contribution < -0.4 is 4.90 Å². The Bertz CT molecular complexity index is 537. The van der Waals surface area contributed by atoms with Crippen LogP contribution in [0.1, 0.15) is 12.8 Å². The lowest BCUT2D eigenvalue weighted by molar-refractivity contribution is -0.143. The van der Waals surface area contributed by atoms with Crippen LogP contribution in [0.2, 0.25) is 0 Å². The fourth-order valence-corrected chi connectivity index (χ4v) is 3.08. The summed E-state index contributed by atoms with van der Waals surface area (Å²) < 4.78 is 20.2. The Hall–Kier alpha value is -1.21. The maximum atomic E-state index is 14.0. The predicted molar refractivity (Wildman–Crippen MR) is 79.7 cm³/mol. The fourth-order valence-electron chi connectivity index (χ4n) is 2.77. The number of halogens is 2. The Morgan fingerprint density at radius 2 is 2.14 bits per heavy atom. The van der Waals surface area contributed by atoms with E-state index in [0.29, 0.717) is 24.2 Å². The van der Waals surface area contributed by atoms with Crippen LogP contribution in [0.4, 0.5) is 10.2 Å². The molecule has 1 amide bonds. The second-order valence-electron chi connectivity index (χ2n) is 5.30. The number of carbonyl (C=O) groups excluding carboxylic acids is 1. The van der Waals surface area contributed by atoms with Gasteiger partial charge in [-0.1, -0.05) is 0 Å². The zero-order valence-corrected chi connectivity index (χ0v) is 13.2. The summed E-state index contributed by atoms with van der Waals surface area (Å²) in [5.74, 6) is -0.103. The van der Waals surface area contributed by atoms with Gasteiger partial charge in [-0.3, -0.25) is 4.79 Å². The first-order valence-corrected chi connectivity index (χ1v) is 7.91. The highest BCUT2D eigenvalue weighted by atomic mass is 79.9. The van der Waals surface area contributed by atoms with Crippen LogP contribution in [-0.2, 0) is 9.53 Å². The smallest absolute Gasteiger partial charge is 0.253 e. The number of rotatable bonds is 2. The quantitative estimate of drug-likeness (QED) is 0.809. The molecule has 2 fully saturated rings. The maximum absolute atomic E-state index is 14.0. The predicted octanol–water partition coefficient (Wildman–Crippen LogP) is 1.81. The van der Waals surface area contributed by atoms with Crippen molar-refractivity contribution in [2.24, 2.45) is 0 Å². The third kappa shape index (κ3) is 3.18. The number of morpholine rings is 1. The van der Waals surface area contributed by atoms with Crippen LogP contribution in [0.25, 0.3) is 0 Å². The van der Waals surface area contributed by atoms with Gasteiger partial charge in [-0.15, -0.1) is 0 Å². The number of amides is 1. The van der Waals surface area contributed by atoms with Crippen molar-refractivity contribution in [1.82, 2.24) is 9.88 Å². The summed E-state index contributed by atoms with van der Waals surface area (Å²) >= 11 is 3.19. The summed E-state index contributed by atoms with van der Waals surface area (Å²) in [5.41, 5.74) is 0. The molecule has 3 rings (SSSR count). The van der Waals surface area contributed by atoms with Crippen molar-refractivity contribution in [3.63, 3.8) is 0 Å². The number of aromatic nitrogens is 1. The lowest BCUT2D eigenvalue weighted by Gasteiger charge is -2.34. The molecule has 1 aromatic heterocycles. The molecular formula is C14H17BrFN3O2. The molecule has 1 unspecified atom stereocenters. The fraction of sp³-hybridized carbons (Fsp3) is 0.571. The highest BCUT2D eigenvalue weighted by Crippen LogP contribution is 2.23. The summed E-state index contributed by atoms with van der Waals surface area (Å²) in [5, 5.41) is 0. The minimum Gasteiger partial charge on any atom is -0.365 e. The highest BCUT2D eigenvalue weighted by molar-refractivity contribution is 9.10. The molecule has 2 aliphatic heterocycles. The van der Waals surface area contributed by atoms with Crippen molar-refractivity contribution < 1.29 is 13.9 Å². The average molecular weight is 358 g/mol. The highest BCUT2D eigenvalue weighted by Gasteiger charge is 2.32. The van der Waals surface area contributed by atoms with E-state index in [-0.39, 0.29) is 11.7 Å². The SMILES string of the molecule is O=C(C1CN(c2ncc(Br)cc2F)CCO1)N1CCCC1. The van der Waals surface area contributed by atoms with Gasteiger partial charge >= 0.3 is 0 Å². The van der Waals surface area contributed by atoms with Gasteiger partial charge in [-0.25, -0.2) is 9.37 Å². The normalized spacial score (nSPS) is 22.7. The lowest BCUT2D eigenvalue weighted by atomic mass is 10.2. The molecule has 1 aromatic rings. The van der Waals surface area contributed by atoms with E-state index in [1.165, 1.54) is 6.07 Å². The molecule has 0 aliphatic carbocycles. The van der Waals surface area contributed by atoms with Gasteiger partial charge in [0, 0.05) is 30.3 Å². The third-order valence-corrected chi connectivity index (χ3v) is 4.28. The first-order valence-electron chi connectivity index (χ1n) is 7.11. The monoisotopic (exact) mass is 357 g/mol. The van der Waals surface area contributed by atoms with Gasteiger partial charge in [0.2, 0.25) is 0 Å². The summed E-state index contributed by atoms with van der Waals surface area (Å²) in [6.45, 7) is 2.88. The van der Waals surface area contributed by atoms with Crippen molar-refractivity contribution in [2.75, 3.05) is 37.7 Å². The van der Waals surface area contributed by atoms with Crippen LogP contribution in [0.15, 0.2) is 16.7 Å². The molecule has 114 valence electrons. The zero-order chi connectivity index (χ0) is 14.8. The van der Waals surface area contributed by atoms with Gasteiger partial charge in [-0.05, 0) is 34.8 Å². The molecule has 0 aromatic carbocycles. The van der Waals surface area contributed by atoms with Crippen LogP contribution in [-0.4, -0.2) is 54.7 Å². The topological polar surface area (TPSA) is 45.7 Å². The molecule has 0 N–H and O–H groups in total. The van der Waals surface area contributed by atoms with Gasteiger partial charge in [0.15, 0.2) is 17.7 Å². The van der Waals surface area contributed by atoms with Crippen molar-refractivity contribution >= 4 is 27.7 Å². The standard InChI is InChI=1S/C14H17BrFN3O2/c15-10-7-11(16)13(17-8-10)19-5-6-21-12(9-19)14(20)18-3-1-2-4-18/h7-8,12H,1-6,9H2. The summed E-state index contributed by atoms with van der Waals surface area (Å²) in [4.78, 5) is 20.1. The molecular weight excluding hydrogens is 341 g/mol. The van der Waals surface area contributed by atoms with Gasteiger partial charge < -0.3 is 14.5 Å². The van der Waals surface area contributed by atoms with E-state index in [1.807, 2.05) is 4.90 Å². The largest absolute Gasteiger partial charge is 0.365 e. The van der Waals surface area contributed by atoms with Crippen LogP contribution >= 0.6 is 15.9 Å². The Morgan fingerprint density at radius 3 is 2.86 bits per heavy atom. The molecule has 1 atom stereocenters. The van der Waals surface area contributed by atoms with E-state index in [4.69, 9.17) is 4.74 Å². The molecule has 2 aliphatic rings. The number of nitrogens with zero attached hydrogens (tertiary/aromatic N) is 3. The number of hydrogen-bond acceptors (Lipinski definition) is 4. The van der Waals surface area contributed by atoms with Crippen molar-refractivity contribution in [2.45, 2.75) is 18.9 Å². The molecule has 0 spiro atoms. The average Bonchev–Trinajstić information content (AvgIpc) is 3.01. The minimum absolute atomic E-state index is 0.00900. The first kappa shape index (κ1) is 14.7. The molecule has 21 heavy (non-hydrogen) atoms. The van der Waals surface area contributed by atoms with Crippen molar-refractivity contribution in [3.05, 3.63) is 22.6 Å². The minimum atomic E-state index is -0.526. The van der Waals surface area contributed by atoms with E-state index < -0.39 is 11.9 Å². The zero-order valence-electron chi connectivity index (χ0n) is 11.6. The number of ether oxygens (including phenoxy) is 1. The number of anilines is 1. The van der Waals surface area contributed by atoms with Crippen LogP contribution in [0.5, 0.6) is 0 Å². The first-order chi connectivity index (χ1) is 10.1. The second-order valence-corrected chi connectivity index (χ2v) is 6.21. The number of carbonyl (C=O) groups is 1. The molecule has 0 radical (unpaired) electrons. The van der Waals surface area contributed by atoms with Crippen LogP contribution in [0, 0.1) is 5.82 Å². The van der Waals surface area contributed by atoms with Crippen molar-refractivity contribution in [1.29, 1.82) is 0 Å². The van der Waals surface area contributed by atoms with E-state index >= 15 is 0 Å². The Morgan fingerprint density at radius 1 is 1.38 bits per heavy atom. The maximum Gasteiger partial charge on any atom is 0.253 e. The molecule has 2 saturated heterocycles. The number of likely N-dealkylation sites (tertiary alicyclic amines) is 1. The van der Waals surface area contributed by atoms with Gasteiger partial charge in [0.25, 0.3) is 5.91 Å². The molecule has 7 heteroatoms. The molecule has 0 saturated carbocycles. The summed E-state index contributed by atoms with van der Waals surface area (Å²) in [6.07, 6.45) is 3.13. The van der Waals surface area contributed by atoms with Gasteiger partial charge in [0.1, 0.15) is 0 Å². The van der Waals surface area contributed by atoms with E-state index in [0.717, 1.165) is 25.9 Å². The molecule has 0 bridgehead atoms. The van der Waals surface area contributed by atoms with Gasteiger partial charge in [0.05, 0.1) is 13.2 Å². The molecule has 3 heterocycles. The molecule has 5 nitrogen and oxygen atoms in total. The number of pyridine rings is 1. The second kappa shape index (κ2) is 6.27. The lowest BCUT2D eigenvalue weighted by Crippen LogP contribution is -2.51. The number of hydrogen-bond donors (Lipinski definition) is 0. The van der Waals surface area contributed by atoms with E-state index in [2.05, 4.69) is 20.9 Å². The summed E-state index contributed by atoms with van der Waals surface area (Å²) in [6, 6.07) is 1.38. The Labute approximate surface area is 131 Å². The third-order valence-electron chi connectivity index (χ3n) is 3.85. The Kier molecular flexibility index (Phi) is 4.40. The summed E-state index contributed by atoms with van der Waals surface area (Å²) in [7, 11) is 0.